The van der Waals surface area contributed by atoms with Gasteiger partial charge in [0.15, 0.2) is 0 Å². The fraction of sp³-hybridized carbons (Fsp3) is 0.519. The van der Waals surface area contributed by atoms with Crippen LogP contribution in [0.1, 0.15) is 56.9 Å². The Bertz CT molecular complexity index is 939. The van der Waals surface area contributed by atoms with Gasteiger partial charge in [-0.25, -0.2) is 0 Å². The lowest BCUT2D eigenvalue weighted by molar-refractivity contribution is -0.123. The van der Waals surface area contributed by atoms with Crippen LogP contribution in [0.3, 0.4) is 0 Å². The van der Waals surface area contributed by atoms with Gasteiger partial charge in [-0.3, -0.25) is 9.69 Å². The van der Waals surface area contributed by atoms with E-state index in [0.717, 1.165) is 39.0 Å². The van der Waals surface area contributed by atoms with Gasteiger partial charge in [0.05, 0.1) is 0 Å². The van der Waals surface area contributed by atoms with E-state index in [0.29, 0.717) is 11.3 Å². The molecule has 0 bridgehead atoms. The van der Waals surface area contributed by atoms with Crippen molar-refractivity contribution in [2.75, 3.05) is 19.6 Å². The summed E-state index contributed by atoms with van der Waals surface area (Å²) in [5.74, 6) is 0.579. The molecule has 1 heterocycles. The zero-order valence-corrected chi connectivity index (χ0v) is 18.0. The first kappa shape index (κ1) is 19.8. The average molecular weight is 403 g/mol. The van der Waals surface area contributed by atoms with E-state index in [4.69, 9.17) is 0 Å². The summed E-state index contributed by atoms with van der Waals surface area (Å²) >= 11 is 0. The van der Waals surface area contributed by atoms with Gasteiger partial charge in [-0.05, 0) is 92.3 Å². The van der Waals surface area contributed by atoms with Crippen LogP contribution >= 0.6 is 0 Å². The molecule has 3 heteroatoms. The highest BCUT2D eigenvalue weighted by Crippen LogP contribution is 2.59. The predicted molar refractivity (Wildman–Crippen MR) is 123 cm³/mol. The van der Waals surface area contributed by atoms with Crippen molar-refractivity contribution in [2.45, 2.75) is 57.9 Å². The van der Waals surface area contributed by atoms with Gasteiger partial charge in [0.1, 0.15) is 0 Å². The molecule has 3 aliphatic rings. The molecule has 1 saturated carbocycles. The van der Waals surface area contributed by atoms with E-state index < -0.39 is 0 Å². The molecule has 5 rings (SSSR count). The average Bonchev–Trinajstić information content (AvgIpc) is 3.50. The van der Waals surface area contributed by atoms with Crippen molar-refractivity contribution in [1.82, 2.24) is 10.2 Å². The largest absolute Gasteiger partial charge is 0.356 e. The van der Waals surface area contributed by atoms with Gasteiger partial charge in [0, 0.05) is 19.0 Å². The molecule has 2 aromatic rings. The minimum Gasteiger partial charge on any atom is -0.356 e. The molecule has 3 nitrogen and oxygen atoms in total. The molecule has 1 saturated heterocycles. The normalized spacial score (nSPS) is 23.3. The first-order valence-electron chi connectivity index (χ1n) is 11.9. The number of nitrogens with one attached hydrogen (secondary N) is 1. The molecule has 1 amide bonds. The smallest absolute Gasteiger partial charge is 0.223 e. The summed E-state index contributed by atoms with van der Waals surface area (Å²) in [5, 5.41) is 5.87. The Labute approximate surface area is 180 Å². The maximum absolute atomic E-state index is 12.7. The lowest BCUT2D eigenvalue weighted by Crippen LogP contribution is -2.37. The van der Waals surface area contributed by atoms with Crippen molar-refractivity contribution in [3.63, 3.8) is 0 Å². The Kier molecular flexibility index (Phi) is 5.64. The molecule has 1 N–H and O–H groups in total. The molecule has 0 unspecified atom stereocenters. The first-order chi connectivity index (χ1) is 14.7. The summed E-state index contributed by atoms with van der Waals surface area (Å²) in [5.41, 5.74) is 3.24. The van der Waals surface area contributed by atoms with Gasteiger partial charge in [0.25, 0.3) is 0 Å². The summed E-state index contributed by atoms with van der Waals surface area (Å²) in [6.07, 6.45) is 12.0. The third-order valence-electron chi connectivity index (χ3n) is 7.71. The highest BCUT2D eigenvalue weighted by Gasteiger charge is 2.58. The second kappa shape index (κ2) is 8.55. The topological polar surface area (TPSA) is 32.3 Å². The summed E-state index contributed by atoms with van der Waals surface area (Å²) in [6.45, 7) is 4.07. The third-order valence-corrected chi connectivity index (χ3v) is 7.71. The van der Waals surface area contributed by atoms with Crippen LogP contribution in [-0.2, 0) is 11.3 Å². The van der Waals surface area contributed by atoms with Gasteiger partial charge in [-0.2, -0.15) is 0 Å². The Hall–Kier alpha value is -2.13. The van der Waals surface area contributed by atoms with Crippen LogP contribution in [0.15, 0.2) is 54.1 Å². The minimum absolute atomic E-state index is 0.264. The van der Waals surface area contributed by atoms with Crippen LogP contribution in [0.25, 0.3) is 10.8 Å². The number of hydrogen-bond acceptors (Lipinski definition) is 2. The van der Waals surface area contributed by atoms with Crippen LogP contribution in [-0.4, -0.2) is 30.4 Å². The van der Waals surface area contributed by atoms with Gasteiger partial charge >= 0.3 is 0 Å². The summed E-state index contributed by atoms with van der Waals surface area (Å²) in [7, 11) is 0. The third kappa shape index (κ3) is 4.32. The van der Waals surface area contributed by atoms with Crippen molar-refractivity contribution in [1.29, 1.82) is 0 Å². The standard InChI is InChI=1S/C27H34N2O/c30-26(28-15-12-21-6-2-1-3-7-21)25-19-27(25)13-16-29(17-14-27)20-22-10-11-23-8-4-5-9-24(23)18-22/h4-6,8-11,18,25H,1-3,7,12-17,19-20H2,(H,28,30)/t25-/m1/s1. The van der Waals surface area contributed by atoms with Crippen molar-refractivity contribution in [3.05, 3.63) is 59.7 Å². The Morgan fingerprint density at radius 2 is 1.90 bits per heavy atom. The van der Waals surface area contributed by atoms with E-state index in [-0.39, 0.29) is 5.92 Å². The molecule has 2 aromatic carbocycles. The molecule has 1 atom stereocenters. The lowest BCUT2D eigenvalue weighted by Gasteiger charge is -2.33. The number of piperidine rings is 1. The second-order valence-electron chi connectivity index (χ2n) is 9.73. The molecule has 1 spiro atoms. The van der Waals surface area contributed by atoms with Gasteiger partial charge < -0.3 is 5.32 Å². The summed E-state index contributed by atoms with van der Waals surface area (Å²) in [4.78, 5) is 15.2. The van der Waals surface area contributed by atoms with Crippen molar-refractivity contribution in [3.8, 4) is 0 Å². The zero-order chi connectivity index (χ0) is 20.4. The molecule has 2 fully saturated rings. The van der Waals surface area contributed by atoms with Crippen LogP contribution in [0.4, 0.5) is 0 Å². The van der Waals surface area contributed by atoms with E-state index in [1.807, 2.05) is 0 Å². The van der Waals surface area contributed by atoms with Crippen molar-refractivity contribution < 1.29 is 4.79 Å². The van der Waals surface area contributed by atoms with Crippen LogP contribution in [0.5, 0.6) is 0 Å². The zero-order valence-electron chi connectivity index (χ0n) is 18.0. The molecule has 30 heavy (non-hydrogen) atoms. The van der Waals surface area contributed by atoms with E-state index in [2.05, 4.69) is 58.8 Å². The van der Waals surface area contributed by atoms with Crippen molar-refractivity contribution in [2.24, 2.45) is 11.3 Å². The number of nitrogens with zero attached hydrogens (tertiary/aromatic N) is 1. The monoisotopic (exact) mass is 402 g/mol. The molecular weight excluding hydrogens is 368 g/mol. The molecular formula is C27H34N2O. The van der Waals surface area contributed by atoms with Gasteiger partial charge in [-0.15, -0.1) is 0 Å². The SMILES string of the molecule is O=C(NCCC1=CCCCC1)[C@H]1CC12CCN(Cc1ccc3ccccc3c1)CC2. The van der Waals surface area contributed by atoms with Gasteiger partial charge in [-0.1, -0.05) is 48.0 Å². The van der Waals surface area contributed by atoms with Crippen LogP contribution in [0, 0.1) is 11.3 Å². The number of hydrogen-bond donors (Lipinski definition) is 1. The summed E-state index contributed by atoms with van der Waals surface area (Å²) in [6, 6.07) is 15.4. The fourth-order valence-corrected chi connectivity index (χ4v) is 5.62. The number of rotatable bonds is 6. The number of allylic oxidation sites excluding steroid dienone is 1. The number of amides is 1. The first-order valence-corrected chi connectivity index (χ1v) is 11.9. The number of likely N-dealkylation sites (tertiary alicyclic amines) is 1. The lowest BCUT2D eigenvalue weighted by atomic mass is 9.90. The maximum Gasteiger partial charge on any atom is 0.223 e. The molecule has 2 aliphatic carbocycles. The van der Waals surface area contributed by atoms with E-state index in [1.165, 1.54) is 54.9 Å². The van der Waals surface area contributed by atoms with Crippen LogP contribution < -0.4 is 5.32 Å². The highest BCUT2D eigenvalue weighted by atomic mass is 16.2. The number of carbonyl (C=O) groups is 1. The molecule has 158 valence electrons. The number of benzene rings is 2. The summed E-state index contributed by atoms with van der Waals surface area (Å²) < 4.78 is 0. The maximum atomic E-state index is 12.7. The minimum atomic E-state index is 0.264. The van der Waals surface area contributed by atoms with Gasteiger partial charge in [0.2, 0.25) is 5.91 Å². The van der Waals surface area contributed by atoms with E-state index in [1.54, 1.807) is 5.57 Å². The quantitative estimate of drug-likeness (QED) is 0.652. The fourth-order valence-electron chi connectivity index (χ4n) is 5.62. The molecule has 1 aliphatic heterocycles. The Morgan fingerprint density at radius 1 is 1.07 bits per heavy atom. The van der Waals surface area contributed by atoms with Crippen LogP contribution in [0.2, 0.25) is 0 Å². The molecule has 0 aromatic heterocycles. The van der Waals surface area contributed by atoms with E-state index in [9.17, 15) is 4.79 Å². The van der Waals surface area contributed by atoms with E-state index >= 15 is 0 Å². The predicted octanol–water partition coefficient (Wildman–Crippen LogP) is 5.45. The number of carbonyl (C=O) groups excluding carboxylic acids is 1. The number of fused-ring (bicyclic) bond motifs is 1. The van der Waals surface area contributed by atoms with Crippen molar-refractivity contribution >= 4 is 16.7 Å². The Morgan fingerprint density at radius 3 is 2.70 bits per heavy atom. The molecule has 0 radical (unpaired) electrons. The second-order valence-corrected chi connectivity index (χ2v) is 9.73. The highest BCUT2D eigenvalue weighted by molar-refractivity contribution is 5.83. The Balaban J connectivity index is 1.08.